The van der Waals surface area contributed by atoms with E-state index in [0.717, 1.165) is 6.42 Å². The number of rotatable bonds is 8. The zero-order valence-corrected chi connectivity index (χ0v) is 8.78. The first kappa shape index (κ1) is 13.1. The summed E-state index contributed by atoms with van der Waals surface area (Å²) in [6.45, 7) is 4.28. The first-order valence-electron chi connectivity index (χ1n) is 4.97. The molecule has 0 aliphatic rings. The van der Waals surface area contributed by atoms with Crippen LogP contribution >= 0.6 is 0 Å². The summed E-state index contributed by atoms with van der Waals surface area (Å²) in [6.07, 6.45) is 1.09. The molecule has 14 heavy (non-hydrogen) atoms. The topological polar surface area (TPSA) is 63.6 Å². The molecule has 0 saturated carbocycles. The van der Waals surface area contributed by atoms with Crippen molar-refractivity contribution in [1.82, 2.24) is 0 Å². The molecule has 0 spiro atoms. The third-order valence-electron chi connectivity index (χ3n) is 1.86. The van der Waals surface area contributed by atoms with E-state index in [9.17, 15) is 9.59 Å². The lowest BCUT2D eigenvalue weighted by molar-refractivity contribution is -0.140. The van der Waals surface area contributed by atoms with Crippen LogP contribution in [0.3, 0.4) is 0 Å². The smallest absolute Gasteiger partial charge is 0.303 e. The Hall–Kier alpha value is -0.900. The molecule has 0 aliphatic heterocycles. The minimum absolute atomic E-state index is 0.0694. The highest BCUT2D eigenvalue weighted by Gasteiger charge is 2.17. The second-order valence-electron chi connectivity index (χ2n) is 3.09. The summed E-state index contributed by atoms with van der Waals surface area (Å²) < 4.78 is 5.23. The van der Waals surface area contributed by atoms with Crippen LogP contribution in [0, 0.1) is 0 Å². The Morgan fingerprint density at radius 1 is 1.29 bits per heavy atom. The fourth-order valence-corrected chi connectivity index (χ4v) is 1.19. The van der Waals surface area contributed by atoms with Gasteiger partial charge in [0.1, 0.15) is 6.10 Å². The number of hydrogen-bond acceptors (Lipinski definition) is 3. The molecular formula is C10H18O4. The Balaban J connectivity index is 3.94. The van der Waals surface area contributed by atoms with Crippen molar-refractivity contribution < 1.29 is 19.4 Å². The molecule has 0 heterocycles. The van der Waals surface area contributed by atoms with E-state index in [2.05, 4.69) is 0 Å². The molecule has 0 aromatic carbocycles. The van der Waals surface area contributed by atoms with Crippen LogP contribution in [-0.2, 0) is 14.3 Å². The van der Waals surface area contributed by atoms with Crippen LogP contribution < -0.4 is 0 Å². The predicted molar refractivity (Wildman–Crippen MR) is 52.2 cm³/mol. The predicted octanol–water partition coefficient (Wildman–Crippen LogP) is 1.63. The molecule has 0 radical (unpaired) electrons. The van der Waals surface area contributed by atoms with Gasteiger partial charge in [-0.15, -0.1) is 0 Å². The van der Waals surface area contributed by atoms with Crippen LogP contribution in [0.1, 0.15) is 39.5 Å². The third-order valence-corrected chi connectivity index (χ3v) is 1.86. The average Bonchev–Trinajstić information content (AvgIpc) is 2.14. The van der Waals surface area contributed by atoms with Crippen molar-refractivity contribution >= 4 is 11.8 Å². The van der Waals surface area contributed by atoms with E-state index < -0.39 is 12.1 Å². The van der Waals surface area contributed by atoms with Gasteiger partial charge in [-0.25, -0.2) is 0 Å². The molecule has 0 aliphatic carbocycles. The zero-order valence-electron chi connectivity index (χ0n) is 8.78. The highest BCUT2D eigenvalue weighted by atomic mass is 16.5. The molecule has 0 aromatic rings. The number of carbonyl (C=O) groups excluding carboxylic acids is 1. The summed E-state index contributed by atoms with van der Waals surface area (Å²) in [7, 11) is 0. The molecular weight excluding hydrogens is 184 g/mol. The third kappa shape index (κ3) is 5.70. The van der Waals surface area contributed by atoms with Gasteiger partial charge in [-0.1, -0.05) is 13.3 Å². The number of carbonyl (C=O) groups is 2. The molecule has 0 rings (SSSR count). The monoisotopic (exact) mass is 202 g/mol. The summed E-state index contributed by atoms with van der Waals surface area (Å²) in [5.74, 6) is -1.04. The number of ether oxygens (including phenoxy) is 1. The molecule has 1 atom stereocenters. The minimum Gasteiger partial charge on any atom is -0.481 e. The number of carboxylic acid groups (broad SMARTS) is 1. The first-order valence-corrected chi connectivity index (χ1v) is 4.97. The van der Waals surface area contributed by atoms with E-state index in [4.69, 9.17) is 9.84 Å². The Bertz CT molecular complexity index is 183. The van der Waals surface area contributed by atoms with E-state index in [1.165, 1.54) is 0 Å². The maximum absolute atomic E-state index is 11.4. The Kier molecular flexibility index (Phi) is 7.02. The fraction of sp³-hybridized carbons (Fsp3) is 0.800. The number of carboxylic acids is 1. The summed E-state index contributed by atoms with van der Waals surface area (Å²) in [4.78, 5) is 21.7. The van der Waals surface area contributed by atoms with Crippen molar-refractivity contribution in [1.29, 1.82) is 0 Å². The van der Waals surface area contributed by atoms with Gasteiger partial charge >= 0.3 is 5.97 Å². The van der Waals surface area contributed by atoms with Crippen molar-refractivity contribution in [2.75, 3.05) is 6.61 Å². The molecule has 0 aromatic heterocycles. The molecule has 0 bridgehead atoms. The first-order chi connectivity index (χ1) is 6.61. The lowest BCUT2D eigenvalue weighted by Crippen LogP contribution is -2.24. The van der Waals surface area contributed by atoms with Gasteiger partial charge in [0, 0.05) is 13.0 Å². The summed E-state index contributed by atoms with van der Waals surface area (Å²) in [6, 6.07) is 0. The van der Waals surface area contributed by atoms with E-state index in [-0.39, 0.29) is 18.6 Å². The molecule has 4 nitrogen and oxygen atoms in total. The van der Waals surface area contributed by atoms with Gasteiger partial charge < -0.3 is 9.84 Å². The van der Waals surface area contributed by atoms with Gasteiger partial charge in [0.05, 0.1) is 6.42 Å². The van der Waals surface area contributed by atoms with Crippen LogP contribution in [-0.4, -0.2) is 29.6 Å². The van der Waals surface area contributed by atoms with Gasteiger partial charge in [0.2, 0.25) is 0 Å². The van der Waals surface area contributed by atoms with E-state index >= 15 is 0 Å². The maximum atomic E-state index is 11.4. The lowest BCUT2D eigenvalue weighted by atomic mass is 10.1. The number of Topliss-reactive ketones (excluding diaryl/α,β-unsaturated/α-hetero) is 1. The van der Waals surface area contributed by atoms with Crippen molar-refractivity contribution in [2.45, 2.75) is 45.6 Å². The highest BCUT2D eigenvalue weighted by Crippen LogP contribution is 2.07. The molecule has 0 amide bonds. The Morgan fingerprint density at radius 2 is 1.93 bits per heavy atom. The number of aliphatic carboxylic acids is 1. The number of ketones is 1. The Morgan fingerprint density at radius 3 is 2.36 bits per heavy atom. The zero-order chi connectivity index (χ0) is 11.0. The van der Waals surface area contributed by atoms with E-state index in [1.807, 2.05) is 13.8 Å². The van der Waals surface area contributed by atoms with Crippen LogP contribution in [0.15, 0.2) is 0 Å². The molecule has 0 fully saturated rings. The SMILES string of the molecule is CCCC(OCC)C(=O)CCC(=O)O. The molecule has 82 valence electrons. The standard InChI is InChI=1S/C10H18O4/c1-3-5-9(14-4-2)8(11)6-7-10(12)13/h9H,3-7H2,1-2H3,(H,12,13). The Labute approximate surface area is 84.3 Å². The second-order valence-corrected chi connectivity index (χ2v) is 3.09. The van der Waals surface area contributed by atoms with Crippen LogP contribution in [0.5, 0.6) is 0 Å². The van der Waals surface area contributed by atoms with Crippen molar-refractivity contribution in [3.05, 3.63) is 0 Å². The average molecular weight is 202 g/mol. The largest absolute Gasteiger partial charge is 0.481 e. The molecule has 0 saturated heterocycles. The van der Waals surface area contributed by atoms with E-state index in [0.29, 0.717) is 13.0 Å². The van der Waals surface area contributed by atoms with Gasteiger partial charge in [-0.3, -0.25) is 9.59 Å². The molecule has 4 heteroatoms. The van der Waals surface area contributed by atoms with Gasteiger partial charge in [0.25, 0.3) is 0 Å². The van der Waals surface area contributed by atoms with E-state index in [1.54, 1.807) is 0 Å². The summed E-state index contributed by atoms with van der Waals surface area (Å²) in [5, 5.41) is 8.41. The summed E-state index contributed by atoms with van der Waals surface area (Å²) in [5.41, 5.74) is 0. The van der Waals surface area contributed by atoms with Crippen LogP contribution in [0.4, 0.5) is 0 Å². The van der Waals surface area contributed by atoms with Crippen LogP contribution in [0.25, 0.3) is 0 Å². The normalized spacial score (nSPS) is 12.4. The quantitative estimate of drug-likeness (QED) is 0.649. The molecule has 1 N–H and O–H groups in total. The van der Waals surface area contributed by atoms with Crippen molar-refractivity contribution in [2.24, 2.45) is 0 Å². The van der Waals surface area contributed by atoms with Crippen LogP contribution in [0.2, 0.25) is 0 Å². The fourth-order valence-electron chi connectivity index (χ4n) is 1.19. The maximum Gasteiger partial charge on any atom is 0.303 e. The minimum atomic E-state index is -0.940. The lowest BCUT2D eigenvalue weighted by Gasteiger charge is -2.14. The highest BCUT2D eigenvalue weighted by molar-refractivity contribution is 5.85. The number of hydrogen-bond donors (Lipinski definition) is 1. The van der Waals surface area contributed by atoms with Gasteiger partial charge in [-0.05, 0) is 13.3 Å². The molecule has 1 unspecified atom stereocenters. The summed E-state index contributed by atoms with van der Waals surface area (Å²) >= 11 is 0. The van der Waals surface area contributed by atoms with Crippen molar-refractivity contribution in [3.63, 3.8) is 0 Å². The second kappa shape index (κ2) is 7.50. The van der Waals surface area contributed by atoms with Gasteiger partial charge in [0.15, 0.2) is 5.78 Å². The van der Waals surface area contributed by atoms with Gasteiger partial charge in [-0.2, -0.15) is 0 Å². The van der Waals surface area contributed by atoms with Crippen molar-refractivity contribution in [3.8, 4) is 0 Å².